The van der Waals surface area contributed by atoms with Gasteiger partial charge in [0.2, 0.25) is 0 Å². The number of aliphatic hydroxyl groups excluding tert-OH is 1. The SMILES string of the molecule is OC1CCN(Cc2ccccc2COc2ccccc2)CC1. The summed E-state index contributed by atoms with van der Waals surface area (Å²) in [6.45, 7) is 3.46. The number of rotatable bonds is 5. The molecular formula is C19H23NO2. The number of hydrogen-bond acceptors (Lipinski definition) is 3. The Hall–Kier alpha value is -1.84. The number of aliphatic hydroxyl groups is 1. The molecule has 1 N–H and O–H groups in total. The molecule has 3 rings (SSSR count). The minimum Gasteiger partial charge on any atom is -0.489 e. The van der Waals surface area contributed by atoms with E-state index in [0.717, 1.165) is 38.2 Å². The van der Waals surface area contributed by atoms with Gasteiger partial charge in [-0.1, -0.05) is 42.5 Å². The lowest BCUT2D eigenvalue weighted by atomic mass is 10.0. The van der Waals surface area contributed by atoms with Gasteiger partial charge in [-0.2, -0.15) is 0 Å². The van der Waals surface area contributed by atoms with Gasteiger partial charge in [0.25, 0.3) is 0 Å². The van der Waals surface area contributed by atoms with E-state index in [2.05, 4.69) is 29.2 Å². The molecule has 0 saturated carbocycles. The smallest absolute Gasteiger partial charge is 0.119 e. The van der Waals surface area contributed by atoms with Crippen molar-refractivity contribution in [2.24, 2.45) is 0 Å². The summed E-state index contributed by atoms with van der Waals surface area (Å²) in [4.78, 5) is 2.41. The second-order valence-electron chi connectivity index (χ2n) is 5.88. The number of hydrogen-bond donors (Lipinski definition) is 1. The zero-order valence-electron chi connectivity index (χ0n) is 12.8. The van der Waals surface area contributed by atoms with Gasteiger partial charge < -0.3 is 9.84 Å². The van der Waals surface area contributed by atoms with Gasteiger partial charge in [0.1, 0.15) is 12.4 Å². The Morgan fingerprint density at radius 3 is 2.27 bits per heavy atom. The number of ether oxygens (including phenoxy) is 1. The summed E-state index contributed by atoms with van der Waals surface area (Å²) in [5.74, 6) is 0.901. The molecule has 0 amide bonds. The van der Waals surface area contributed by atoms with E-state index in [4.69, 9.17) is 4.74 Å². The van der Waals surface area contributed by atoms with E-state index in [-0.39, 0.29) is 6.10 Å². The summed E-state index contributed by atoms with van der Waals surface area (Å²) < 4.78 is 5.88. The first-order valence-corrected chi connectivity index (χ1v) is 7.96. The maximum absolute atomic E-state index is 9.61. The summed E-state index contributed by atoms with van der Waals surface area (Å²) in [6.07, 6.45) is 1.64. The summed E-state index contributed by atoms with van der Waals surface area (Å²) in [5.41, 5.74) is 2.55. The Bertz CT molecular complexity index is 577. The second-order valence-corrected chi connectivity index (χ2v) is 5.88. The molecule has 22 heavy (non-hydrogen) atoms. The molecule has 0 aromatic heterocycles. The van der Waals surface area contributed by atoms with Crippen LogP contribution < -0.4 is 4.74 Å². The van der Waals surface area contributed by atoms with Crippen molar-refractivity contribution in [3.8, 4) is 5.75 Å². The fourth-order valence-corrected chi connectivity index (χ4v) is 2.85. The van der Waals surface area contributed by atoms with Gasteiger partial charge in [0.05, 0.1) is 6.10 Å². The lowest BCUT2D eigenvalue weighted by Crippen LogP contribution is -2.35. The molecule has 0 spiro atoms. The zero-order chi connectivity index (χ0) is 15.2. The number of para-hydroxylation sites is 1. The molecule has 1 saturated heterocycles. The predicted octanol–water partition coefficient (Wildman–Crippen LogP) is 3.22. The molecule has 3 nitrogen and oxygen atoms in total. The van der Waals surface area contributed by atoms with Crippen molar-refractivity contribution in [2.75, 3.05) is 13.1 Å². The minimum atomic E-state index is -0.118. The van der Waals surface area contributed by atoms with Crippen LogP contribution in [0.15, 0.2) is 54.6 Å². The molecule has 1 aliphatic rings. The Morgan fingerprint density at radius 2 is 1.55 bits per heavy atom. The summed E-state index contributed by atoms with van der Waals surface area (Å²) >= 11 is 0. The molecule has 116 valence electrons. The largest absolute Gasteiger partial charge is 0.489 e. The van der Waals surface area contributed by atoms with Crippen molar-refractivity contribution < 1.29 is 9.84 Å². The van der Waals surface area contributed by atoms with Crippen molar-refractivity contribution in [1.29, 1.82) is 0 Å². The molecule has 0 bridgehead atoms. The summed E-state index contributed by atoms with van der Waals surface area (Å²) in [5, 5.41) is 9.61. The van der Waals surface area contributed by atoms with Crippen molar-refractivity contribution in [2.45, 2.75) is 32.1 Å². The third kappa shape index (κ3) is 4.09. The zero-order valence-corrected chi connectivity index (χ0v) is 12.8. The number of nitrogens with zero attached hydrogens (tertiary/aromatic N) is 1. The van der Waals surface area contributed by atoms with E-state index in [9.17, 15) is 5.11 Å². The molecule has 2 aromatic rings. The Kier molecular flexibility index (Phi) is 5.09. The van der Waals surface area contributed by atoms with E-state index in [1.54, 1.807) is 0 Å². The maximum atomic E-state index is 9.61. The first kappa shape index (κ1) is 15.1. The van der Waals surface area contributed by atoms with Crippen molar-refractivity contribution in [3.05, 3.63) is 65.7 Å². The van der Waals surface area contributed by atoms with E-state index in [0.29, 0.717) is 6.61 Å². The highest BCUT2D eigenvalue weighted by molar-refractivity contribution is 5.28. The normalized spacial score (nSPS) is 16.6. The first-order chi connectivity index (χ1) is 10.8. The molecule has 0 atom stereocenters. The minimum absolute atomic E-state index is 0.118. The van der Waals surface area contributed by atoms with Crippen molar-refractivity contribution >= 4 is 0 Å². The molecule has 1 aliphatic heterocycles. The van der Waals surface area contributed by atoms with Gasteiger partial charge >= 0.3 is 0 Å². The molecule has 3 heteroatoms. The molecule has 1 heterocycles. The number of benzene rings is 2. The number of likely N-dealkylation sites (tertiary alicyclic amines) is 1. The van der Waals surface area contributed by atoms with Gasteiger partial charge in [-0.05, 0) is 36.1 Å². The van der Waals surface area contributed by atoms with Crippen LogP contribution >= 0.6 is 0 Å². The van der Waals surface area contributed by atoms with Gasteiger partial charge in [-0.3, -0.25) is 4.90 Å². The van der Waals surface area contributed by atoms with Crippen LogP contribution in [0.1, 0.15) is 24.0 Å². The first-order valence-electron chi connectivity index (χ1n) is 7.96. The Labute approximate surface area is 132 Å². The van der Waals surface area contributed by atoms with Gasteiger partial charge in [-0.25, -0.2) is 0 Å². The van der Waals surface area contributed by atoms with Crippen LogP contribution in [0.3, 0.4) is 0 Å². The second kappa shape index (κ2) is 7.43. The maximum Gasteiger partial charge on any atom is 0.119 e. The highest BCUT2D eigenvalue weighted by atomic mass is 16.5. The van der Waals surface area contributed by atoms with Crippen LogP contribution in [0.4, 0.5) is 0 Å². The predicted molar refractivity (Wildman–Crippen MR) is 87.7 cm³/mol. The average molecular weight is 297 g/mol. The van der Waals surface area contributed by atoms with Crippen LogP contribution in [0.2, 0.25) is 0 Å². The van der Waals surface area contributed by atoms with E-state index in [1.165, 1.54) is 11.1 Å². The van der Waals surface area contributed by atoms with Gasteiger partial charge in [-0.15, -0.1) is 0 Å². The molecule has 0 radical (unpaired) electrons. The van der Waals surface area contributed by atoms with E-state index in [1.807, 2.05) is 30.3 Å². The van der Waals surface area contributed by atoms with Crippen LogP contribution in [0.25, 0.3) is 0 Å². The molecule has 1 fully saturated rings. The third-order valence-electron chi connectivity index (χ3n) is 4.21. The summed E-state index contributed by atoms with van der Waals surface area (Å²) in [7, 11) is 0. The van der Waals surface area contributed by atoms with Gasteiger partial charge in [0.15, 0.2) is 0 Å². The molecule has 0 unspecified atom stereocenters. The van der Waals surface area contributed by atoms with Crippen LogP contribution in [0.5, 0.6) is 5.75 Å². The topological polar surface area (TPSA) is 32.7 Å². The average Bonchev–Trinajstić information content (AvgIpc) is 2.57. The number of piperidine rings is 1. The monoisotopic (exact) mass is 297 g/mol. The lowest BCUT2D eigenvalue weighted by Gasteiger charge is -2.30. The van der Waals surface area contributed by atoms with Crippen LogP contribution in [-0.4, -0.2) is 29.2 Å². The lowest BCUT2D eigenvalue weighted by molar-refractivity contribution is 0.0790. The molecule has 2 aromatic carbocycles. The van der Waals surface area contributed by atoms with Crippen LogP contribution in [-0.2, 0) is 13.2 Å². The Balaban J connectivity index is 1.62. The van der Waals surface area contributed by atoms with Crippen LogP contribution in [0, 0.1) is 0 Å². The Morgan fingerprint density at radius 1 is 0.909 bits per heavy atom. The van der Waals surface area contributed by atoms with Crippen molar-refractivity contribution in [1.82, 2.24) is 4.90 Å². The fraction of sp³-hybridized carbons (Fsp3) is 0.368. The highest BCUT2D eigenvalue weighted by Gasteiger charge is 2.17. The highest BCUT2D eigenvalue weighted by Crippen LogP contribution is 2.18. The fourth-order valence-electron chi connectivity index (χ4n) is 2.85. The van der Waals surface area contributed by atoms with Crippen molar-refractivity contribution in [3.63, 3.8) is 0 Å². The molecular weight excluding hydrogens is 274 g/mol. The quantitative estimate of drug-likeness (QED) is 0.920. The van der Waals surface area contributed by atoms with Gasteiger partial charge in [0, 0.05) is 19.6 Å². The summed E-state index contributed by atoms with van der Waals surface area (Å²) in [6, 6.07) is 18.4. The molecule has 0 aliphatic carbocycles. The van der Waals surface area contributed by atoms with E-state index >= 15 is 0 Å². The van der Waals surface area contributed by atoms with E-state index < -0.39 is 0 Å². The standard InChI is InChI=1S/C19H23NO2/c21-18-10-12-20(13-11-18)14-16-6-4-5-7-17(16)15-22-19-8-2-1-3-9-19/h1-9,18,21H,10-15H2. The third-order valence-corrected chi connectivity index (χ3v) is 4.21.